The number of benzene rings is 1. The first-order chi connectivity index (χ1) is 13.0. The maximum absolute atomic E-state index is 12.8. The molecule has 2 unspecified atom stereocenters. The van der Waals surface area contributed by atoms with Crippen molar-refractivity contribution in [2.24, 2.45) is 5.92 Å². The van der Waals surface area contributed by atoms with Gasteiger partial charge in [-0.1, -0.05) is 29.8 Å². The van der Waals surface area contributed by atoms with Crippen molar-refractivity contribution in [1.29, 1.82) is 0 Å². The number of H-pyrrole nitrogens is 1. The van der Waals surface area contributed by atoms with E-state index >= 15 is 0 Å². The predicted molar refractivity (Wildman–Crippen MR) is 102 cm³/mol. The van der Waals surface area contributed by atoms with Gasteiger partial charge in [0.25, 0.3) is 5.91 Å². The van der Waals surface area contributed by atoms with Crippen LogP contribution >= 0.6 is 11.6 Å². The van der Waals surface area contributed by atoms with Crippen molar-refractivity contribution in [3.05, 3.63) is 69.1 Å². The van der Waals surface area contributed by atoms with Gasteiger partial charge in [0.2, 0.25) is 11.5 Å². The first kappa shape index (κ1) is 17.8. The van der Waals surface area contributed by atoms with E-state index < -0.39 is 0 Å². The highest BCUT2D eigenvalue weighted by Crippen LogP contribution is 2.50. The van der Waals surface area contributed by atoms with Crippen LogP contribution in [0.3, 0.4) is 0 Å². The molecule has 4 rings (SSSR count). The fourth-order valence-corrected chi connectivity index (χ4v) is 3.95. The highest BCUT2D eigenvalue weighted by molar-refractivity contribution is 6.31. The smallest absolute Gasteiger partial charge is 0.255 e. The molecule has 0 bridgehead atoms. The van der Waals surface area contributed by atoms with Crippen molar-refractivity contribution in [1.82, 2.24) is 14.8 Å². The summed E-state index contributed by atoms with van der Waals surface area (Å²) in [6.45, 7) is 2.04. The minimum absolute atomic E-state index is 0.00801. The molecule has 7 heteroatoms. The lowest BCUT2D eigenvalue weighted by molar-refractivity contribution is -0.134. The topological polar surface area (TPSA) is 73.5 Å². The van der Waals surface area contributed by atoms with Crippen LogP contribution in [-0.2, 0) is 4.79 Å². The summed E-state index contributed by atoms with van der Waals surface area (Å²) in [5, 5.41) is 0.717. The quantitative estimate of drug-likeness (QED) is 0.879. The Hall–Kier alpha value is -2.60. The zero-order valence-electron chi connectivity index (χ0n) is 14.7. The molecule has 1 aliphatic carbocycles. The van der Waals surface area contributed by atoms with Gasteiger partial charge in [-0.05, 0) is 30.0 Å². The number of carbonyl (C=O) groups is 2. The average Bonchev–Trinajstić information content (AvgIpc) is 3.48. The highest BCUT2D eigenvalue weighted by Gasteiger charge is 2.46. The number of hydrogen-bond donors (Lipinski definition) is 1. The predicted octanol–water partition coefficient (Wildman–Crippen LogP) is 2.12. The normalized spacial score (nSPS) is 21.8. The van der Waals surface area contributed by atoms with Gasteiger partial charge >= 0.3 is 0 Å². The Balaban J connectivity index is 1.34. The maximum Gasteiger partial charge on any atom is 0.255 e. The van der Waals surface area contributed by atoms with E-state index in [2.05, 4.69) is 4.98 Å². The number of nitrogens with one attached hydrogen (secondary N) is 1. The van der Waals surface area contributed by atoms with E-state index in [4.69, 9.17) is 11.6 Å². The molecule has 140 valence electrons. The zero-order chi connectivity index (χ0) is 19.0. The van der Waals surface area contributed by atoms with Crippen LogP contribution in [0.2, 0.25) is 5.02 Å². The Morgan fingerprint density at radius 3 is 2.37 bits per heavy atom. The minimum Gasteiger partial charge on any atom is -0.339 e. The summed E-state index contributed by atoms with van der Waals surface area (Å²) in [6, 6.07) is 10.6. The van der Waals surface area contributed by atoms with E-state index in [0.29, 0.717) is 36.8 Å². The average molecular weight is 386 g/mol. The van der Waals surface area contributed by atoms with Crippen LogP contribution < -0.4 is 5.56 Å². The number of halogens is 1. The molecule has 1 aromatic heterocycles. The number of piperazine rings is 1. The Morgan fingerprint density at radius 2 is 1.70 bits per heavy atom. The van der Waals surface area contributed by atoms with Gasteiger partial charge in [0.05, 0.1) is 5.56 Å². The molecule has 2 aromatic rings. The summed E-state index contributed by atoms with van der Waals surface area (Å²) in [7, 11) is 0. The number of carbonyl (C=O) groups excluding carboxylic acids is 2. The third-order valence-corrected chi connectivity index (χ3v) is 5.67. The largest absolute Gasteiger partial charge is 0.339 e. The zero-order valence-corrected chi connectivity index (χ0v) is 15.5. The van der Waals surface area contributed by atoms with Crippen LogP contribution in [0.5, 0.6) is 0 Å². The van der Waals surface area contributed by atoms with Crippen LogP contribution in [0, 0.1) is 5.92 Å². The molecule has 2 fully saturated rings. The SMILES string of the molecule is O=C(c1ccc(=O)[nH]c1)N1CCN(C(=O)C2CC2c2ccccc2Cl)CC1. The lowest BCUT2D eigenvalue weighted by Gasteiger charge is -2.35. The van der Waals surface area contributed by atoms with Crippen molar-refractivity contribution in [2.45, 2.75) is 12.3 Å². The molecule has 6 nitrogen and oxygen atoms in total. The van der Waals surface area contributed by atoms with Gasteiger partial charge in [-0.15, -0.1) is 0 Å². The van der Waals surface area contributed by atoms with Gasteiger partial charge < -0.3 is 14.8 Å². The molecule has 2 amide bonds. The van der Waals surface area contributed by atoms with Crippen molar-refractivity contribution in [3.63, 3.8) is 0 Å². The van der Waals surface area contributed by atoms with E-state index in [0.717, 1.165) is 12.0 Å². The lowest BCUT2D eigenvalue weighted by atomic mass is 10.1. The Morgan fingerprint density at radius 1 is 1.00 bits per heavy atom. The van der Waals surface area contributed by atoms with Gasteiger partial charge in [-0.25, -0.2) is 0 Å². The second-order valence-corrected chi connectivity index (χ2v) is 7.44. The molecule has 1 aliphatic heterocycles. The van der Waals surface area contributed by atoms with Gasteiger partial charge in [0.15, 0.2) is 0 Å². The molecule has 1 saturated carbocycles. The van der Waals surface area contributed by atoms with Crippen LogP contribution in [0.4, 0.5) is 0 Å². The van der Waals surface area contributed by atoms with Crippen LogP contribution in [0.25, 0.3) is 0 Å². The Bertz CT molecular complexity index is 914. The molecule has 0 spiro atoms. The number of aromatic nitrogens is 1. The van der Waals surface area contributed by atoms with E-state index in [-0.39, 0.29) is 29.2 Å². The number of hydrogen-bond acceptors (Lipinski definition) is 3. The first-order valence-corrected chi connectivity index (χ1v) is 9.43. The van der Waals surface area contributed by atoms with Gasteiger partial charge in [0.1, 0.15) is 0 Å². The van der Waals surface area contributed by atoms with Gasteiger partial charge in [0, 0.05) is 49.4 Å². The van der Waals surface area contributed by atoms with Gasteiger partial charge in [-0.2, -0.15) is 0 Å². The highest BCUT2D eigenvalue weighted by atomic mass is 35.5. The third-order valence-electron chi connectivity index (χ3n) is 5.32. The third kappa shape index (κ3) is 3.62. The minimum atomic E-state index is -0.237. The van der Waals surface area contributed by atoms with E-state index in [1.54, 1.807) is 4.90 Å². The van der Waals surface area contributed by atoms with Crippen LogP contribution in [-0.4, -0.2) is 52.8 Å². The van der Waals surface area contributed by atoms with Crippen molar-refractivity contribution < 1.29 is 9.59 Å². The summed E-state index contributed by atoms with van der Waals surface area (Å²) >= 11 is 6.25. The lowest BCUT2D eigenvalue weighted by Crippen LogP contribution is -2.51. The number of aromatic amines is 1. The molecule has 2 aliphatic rings. The second-order valence-electron chi connectivity index (χ2n) is 7.03. The molecule has 27 heavy (non-hydrogen) atoms. The molecule has 2 atom stereocenters. The van der Waals surface area contributed by atoms with Crippen molar-refractivity contribution >= 4 is 23.4 Å². The van der Waals surface area contributed by atoms with Crippen LogP contribution in [0.15, 0.2) is 47.4 Å². The summed E-state index contributed by atoms with van der Waals surface area (Å²) in [5.41, 5.74) is 1.26. The molecule has 1 N–H and O–H groups in total. The number of nitrogens with zero attached hydrogens (tertiary/aromatic N) is 2. The fourth-order valence-electron chi connectivity index (χ4n) is 3.68. The second kappa shape index (κ2) is 7.19. The summed E-state index contributed by atoms with van der Waals surface area (Å²) in [4.78, 5) is 42.5. The molecule has 1 aromatic carbocycles. The molecule has 2 heterocycles. The van der Waals surface area contributed by atoms with Gasteiger partial charge in [-0.3, -0.25) is 14.4 Å². The number of amides is 2. The maximum atomic E-state index is 12.8. The standard InChI is InChI=1S/C20H20ClN3O3/c21-17-4-2-1-3-14(17)15-11-16(15)20(27)24-9-7-23(8-10-24)19(26)13-5-6-18(25)22-12-13/h1-6,12,15-16H,7-11H2,(H,22,25). The van der Waals surface area contributed by atoms with Crippen molar-refractivity contribution in [2.75, 3.05) is 26.2 Å². The van der Waals surface area contributed by atoms with Crippen LogP contribution in [0.1, 0.15) is 28.3 Å². The summed E-state index contributed by atoms with van der Waals surface area (Å²) in [6.07, 6.45) is 2.26. The number of pyridine rings is 1. The first-order valence-electron chi connectivity index (χ1n) is 9.06. The summed E-state index contributed by atoms with van der Waals surface area (Å²) < 4.78 is 0. The van der Waals surface area contributed by atoms with E-state index in [1.165, 1.54) is 18.3 Å². The Labute approximate surface area is 161 Å². The molecular weight excluding hydrogens is 366 g/mol. The molecule has 1 saturated heterocycles. The number of rotatable bonds is 3. The molecular formula is C20H20ClN3O3. The fraction of sp³-hybridized carbons (Fsp3) is 0.350. The molecule has 0 radical (unpaired) electrons. The Kier molecular flexibility index (Phi) is 4.74. The van der Waals surface area contributed by atoms with Crippen molar-refractivity contribution in [3.8, 4) is 0 Å². The van der Waals surface area contributed by atoms with E-state index in [1.807, 2.05) is 29.2 Å². The van der Waals surface area contributed by atoms with E-state index in [9.17, 15) is 14.4 Å². The summed E-state index contributed by atoms with van der Waals surface area (Å²) in [5.74, 6) is 0.216. The monoisotopic (exact) mass is 385 g/mol.